The van der Waals surface area contributed by atoms with Gasteiger partial charge in [-0.25, -0.2) is 0 Å². The van der Waals surface area contributed by atoms with Crippen LogP contribution < -0.4 is 0 Å². The molecule has 0 aliphatic rings. The number of halogens is 2. The van der Waals surface area contributed by atoms with E-state index in [1.165, 1.54) is 0 Å². The van der Waals surface area contributed by atoms with Crippen LogP contribution in [0.1, 0.15) is 16.7 Å². The van der Waals surface area contributed by atoms with Gasteiger partial charge in [0.25, 0.3) is 0 Å². The average Bonchev–Trinajstić information content (AvgIpc) is 2.50. The van der Waals surface area contributed by atoms with E-state index in [0.29, 0.717) is 16.5 Å². The van der Waals surface area contributed by atoms with Gasteiger partial charge in [-0.3, -0.25) is 0 Å². The summed E-state index contributed by atoms with van der Waals surface area (Å²) >= 11 is 12.3. The molecule has 0 heterocycles. The Kier molecular flexibility index (Phi) is 5.28. The second kappa shape index (κ2) is 6.80. The smallest absolute Gasteiger partial charge is 0.0624 e. The van der Waals surface area contributed by atoms with Gasteiger partial charge < -0.3 is 10.2 Å². The molecular formula is C17H18Cl2O2. The first-order chi connectivity index (χ1) is 10.0. The maximum Gasteiger partial charge on any atom is 0.0624 e. The van der Waals surface area contributed by atoms with E-state index in [9.17, 15) is 10.2 Å². The summed E-state index contributed by atoms with van der Waals surface area (Å²) in [6.07, 6.45) is 0.419. The molecule has 0 amide bonds. The largest absolute Gasteiger partial charge is 0.395 e. The van der Waals surface area contributed by atoms with Crippen LogP contribution >= 0.6 is 23.2 Å². The molecule has 0 radical (unpaired) electrons. The summed E-state index contributed by atoms with van der Waals surface area (Å²) in [7, 11) is 0. The molecule has 2 aromatic rings. The number of benzene rings is 2. The summed E-state index contributed by atoms with van der Waals surface area (Å²) in [6.45, 7) is 1.65. The van der Waals surface area contributed by atoms with Gasteiger partial charge >= 0.3 is 0 Å². The summed E-state index contributed by atoms with van der Waals surface area (Å²) in [6, 6.07) is 13.2. The van der Waals surface area contributed by atoms with Crippen molar-refractivity contribution in [1.29, 1.82) is 0 Å². The zero-order valence-corrected chi connectivity index (χ0v) is 13.3. The molecule has 2 N–H and O–H groups in total. The Morgan fingerprint density at radius 3 is 2.14 bits per heavy atom. The number of aryl methyl sites for hydroxylation is 1. The van der Waals surface area contributed by atoms with E-state index in [2.05, 4.69) is 0 Å². The number of rotatable bonds is 5. The monoisotopic (exact) mass is 324 g/mol. The van der Waals surface area contributed by atoms with Crippen molar-refractivity contribution in [3.05, 3.63) is 69.2 Å². The quantitative estimate of drug-likeness (QED) is 0.879. The standard InChI is InChI=1S/C17H18Cl2O2/c1-12-5-7-14(8-6-12)17(10-20,11-21)9-13-3-2-4-15(18)16(13)19/h2-8,20-21H,9-11H2,1H3. The van der Waals surface area contributed by atoms with Gasteiger partial charge in [-0.2, -0.15) is 0 Å². The molecule has 0 saturated carbocycles. The molecule has 0 fully saturated rings. The fourth-order valence-corrected chi connectivity index (χ4v) is 2.79. The maximum absolute atomic E-state index is 9.88. The van der Waals surface area contributed by atoms with Crippen LogP contribution in [0.4, 0.5) is 0 Å². The Hall–Kier alpha value is -1.06. The first-order valence-corrected chi connectivity index (χ1v) is 7.50. The SMILES string of the molecule is Cc1ccc(C(CO)(CO)Cc2cccc(Cl)c2Cl)cc1. The molecule has 0 bridgehead atoms. The van der Waals surface area contributed by atoms with Crippen molar-refractivity contribution < 1.29 is 10.2 Å². The Morgan fingerprint density at radius 1 is 0.952 bits per heavy atom. The first-order valence-electron chi connectivity index (χ1n) is 6.74. The lowest BCUT2D eigenvalue weighted by Crippen LogP contribution is -2.37. The molecule has 0 spiro atoms. The highest BCUT2D eigenvalue weighted by atomic mass is 35.5. The lowest BCUT2D eigenvalue weighted by Gasteiger charge is -2.31. The van der Waals surface area contributed by atoms with Crippen LogP contribution in [0.25, 0.3) is 0 Å². The maximum atomic E-state index is 9.88. The summed E-state index contributed by atoms with van der Waals surface area (Å²) in [5.74, 6) is 0. The van der Waals surface area contributed by atoms with Crippen molar-refractivity contribution in [2.45, 2.75) is 18.8 Å². The Labute approximate surface area is 135 Å². The van der Waals surface area contributed by atoms with Crippen LogP contribution in [0.5, 0.6) is 0 Å². The molecule has 0 unspecified atom stereocenters. The highest BCUT2D eigenvalue weighted by Crippen LogP contribution is 2.33. The van der Waals surface area contributed by atoms with Crippen LogP contribution in [0.15, 0.2) is 42.5 Å². The van der Waals surface area contributed by atoms with Crippen LogP contribution in [-0.4, -0.2) is 23.4 Å². The normalized spacial score (nSPS) is 11.7. The molecule has 4 heteroatoms. The fraction of sp³-hybridized carbons (Fsp3) is 0.294. The van der Waals surface area contributed by atoms with Crippen LogP contribution in [-0.2, 0) is 11.8 Å². The minimum absolute atomic E-state index is 0.171. The van der Waals surface area contributed by atoms with Gasteiger partial charge in [-0.05, 0) is 30.5 Å². The van der Waals surface area contributed by atoms with Gasteiger partial charge in [0, 0.05) is 5.41 Å². The molecule has 2 nitrogen and oxygen atoms in total. The second-order valence-electron chi connectivity index (χ2n) is 5.35. The zero-order chi connectivity index (χ0) is 15.5. The number of hydrogen-bond acceptors (Lipinski definition) is 2. The molecule has 2 rings (SSSR count). The number of hydrogen-bond donors (Lipinski definition) is 2. The van der Waals surface area contributed by atoms with E-state index in [1.54, 1.807) is 6.07 Å². The van der Waals surface area contributed by atoms with Gasteiger partial charge in [0.05, 0.1) is 23.3 Å². The molecule has 112 valence electrons. The molecule has 0 atom stereocenters. The van der Waals surface area contributed by atoms with E-state index >= 15 is 0 Å². The van der Waals surface area contributed by atoms with Crippen molar-refractivity contribution in [2.75, 3.05) is 13.2 Å². The predicted molar refractivity (Wildman–Crippen MR) is 87.2 cm³/mol. The van der Waals surface area contributed by atoms with Crippen molar-refractivity contribution in [3.63, 3.8) is 0 Å². The molecular weight excluding hydrogens is 307 g/mol. The van der Waals surface area contributed by atoms with E-state index in [1.807, 2.05) is 43.3 Å². The number of aliphatic hydroxyl groups is 2. The van der Waals surface area contributed by atoms with Gasteiger partial charge in [0.2, 0.25) is 0 Å². The second-order valence-corrected chi connectivity index (χ2v) is 6.14. The Morgan fingerprint density at radius 2 is 1.57 bits per heavy atom. The molecule has 21 heavy (non-hydrogen) atoms. The topological polar surface area (TPSA) is 40.5 Å². The van der Waals surface area contributed by atoms with Crippen LogP contribution in [0.3, 0.4) is 0 Å². The molecule has 0 aromatic heterocycles. The summed E-state index contributed by atoms with van der Waals surface area (Å²) in [5, 5.41) is 20.7. The highest BCUT2D eigenvalue weighted by Gasteiger charge is 2.32. The lowest BCUT2D eigenvalue weighted by atomic mass is 9.76. The van der Waals surface area contributed by atoms with Crippen LogP contribution in [0.2, 0.25) is 10.0 Å². The summed E-state index contributed by atoms with van der Waals surface area (Å²) in [5.41, 5.74) is 2.05. The minimum atomic E-state index is -0.776. The zero-order valence-electron chi connectivity index (χ0n) is 11.8. The summed E-state index contributed by atoms with van der Waals surface area (Å²) in [4.78, 5) is 0. The summed E-state index contributed by atoms with van der Waals surface area (Å²) < 4.78 is 0. The molecule has 0 aliphatic heterocycles. The third kappa shape index (κ3) is 3.41. The molecule has 2 aromatic carbocycles. The van der Waals surface area contributed by atoms with Crippen molar-refractivity contribution >= 4 is 23.2 Å². The van der Waals surface area contributed by atoms with Crippen molar-refractivity contribution in [1.82, 2.24) is 0 Å². The van der Waals surface area contributed by atoms with Crippen LogP contribution in [0, 0.1) is 6.92 Å². The van der Waals surface area contributed by atoms with E-state index in [-0.39, 0.29) is 13.2 Å². The molecule has 0 saturated heterocycles. The predicted octanol–water partition coefficient (Wildman–Crippen LogP) is 3.77. The van der Waals surface area contributed by atoms with Crippen molar-refractivity contribution in [3.8, 4) is 0 Å². The minimum Gasteiger partial charge on any atom is -0.395 e. The average molecular weight is 325 g/mol. The Bertz CT molecular complexity index is 605. The van der Waals surface area contributed by atoms with Crippen molar-refractivity contribution in [2.24, 2.45) is 0 Å². The third-order valence-electron chi connectivity index (χ3n) is 3.83. The van der Waals surface area contributed by atoms with Gasteiger partial charge in [0.15, 0.2) is 0 Å². The Balaban J connectivity index is 2.43. The van der Waals surface area contributed by atoms with Gasteiger partial charge in [0.1, 0.15) is 0 Å². The van der Waals surface area contributed by atoms with E-state index in [4.69, 9.17) is 23.2 Å². The van der Waals surface area contributed by atoms with E-state index < -0.39 is 5.41 Å². The highest BCUT2D eigenvalue weighted by molar-refractivity contribution is 6.42. The molecule has 0 aliphatic carbocycles. The van der Waals surface area contributed by atoms with Gasteiger partial charge in [-0.1, -0.05) is 65.2 Å². The first kappa shape index (κ1) is 16.3. The lowest BCUT2D eigenvalue weighted by molar-refractivity contribution is 0.116. The number of aliphatic hydroxyl groups excluding tert-OH is 2. The van der Waals surface area contributed by atoms with Gasteiger partial charge in [-0.15, -0.1) is 0 Å². The van der Waals surface area contributed by atoms with E-state index in [0.717, 1.165) is 16.7 Å². The fourth-order valence-electron chi connectivity index (χ4n) is 2.40. The third-order valence-corrected chi connectivity index (χ3v) is 4.69.